The van der Waals surface area contributed by atoms with Gasteiger partial charge in [-0.25, -0.2) is 0 Å². The van der Waals surface area contributed by atoms with Crippen LogP contribution >= 0.6 is 11.6 Å². The molecule has 1 saturated carbocycles. The number of nitrogens with two attached hydrogens (primary N) is 1. The van der Waals surface area contributed by atoms with Crippen molar-refractivity contribution in [2.24, 2.45) is 17.2 Å². The van der Waals surface area contributed by atoms with Gasteiger partial charge in [-0.05, 0) is 48.3 Å². The number of hydrogen-bond acceptors (Lipinski definition) is 2. The third-order valence-electron chi connectivity index (χ3n) is 4.73. The molecule has 2 nitrogen and oxygen atoms in total. The van der Waals surface area contributed by atoms with Crippen molar-refractivity contribution in [2.45, 2.75) is 52.5 Å². The van der Waals surface area contributed by atoms with E-state index in [1.54, 1.807) is 0 Å². The van der Waals surface area contributed by atoms with E-state index in [1.807, 2.05) is 6.92 Å². The number of aryl methyl sites for hydroxylation is 1. The van der Waals surface area contributed by atoms with Gasteiger partial charge in [0.2, 0.25) is 0 Å². The Morgan fingerprint density at radius 2 is 2.11 bits per heavy atom. The van der Waals surface area contributed by atoms with Crippen LogP contribution in [0.1, 0.15) is 56.7 Å². The van der Waals surface area contributed by atoms with Crippen molar-refractivity contribution in [3.63, 3.8) is 0 Å². The molecule has 2 atom stereocenters. The fourth-order valence-electron chi connectivity index (χ4n) is 3.39. The van der Waals surface area contributed by atoms with Crippen molar-refractivity contribution in [2.75, 3.05) is 0 Å². The molecule has 1 fully saturated rings. The van der Waals surface area contributed by atoms with E-state index in [9.17, 15) is 0 Å². The van der Waals surface area contributed by atoms with Crippen LogP contribution in [0.2, 0.25) is 5.02 Å². The first-order valence-corrected chi connectivity index (χ1v) is 7.55. The van der Waals surface area contributed by atoms with Gasteiger partial charge in [0, 0.05) is 11.1 Å². The van der Waals surface area contributed by atoms with Crippen molar-refractivity contribution in [1.82, 2.24) is 5.43 Å². The van der Waals surface area contributed by atoms with Crippen LogP contribution in [0.25, 0.3) is 0 Å². The molecule has 3 N–H and O–H groups in total. The Kier molecular flexibility index (Phi) is 4.54. The van der Waals surface area contributed by atoms with Crippen LogP contribution in [0.4, 0.5) is 0 Å². The minimum absolute atomic E-state index is 0.188. The monoisotopic (exact) mass is 280 g/mol. The molecule has 0 heterocycles. The van der Waals surface area contributed by atoms with Crippen LogP contribution in [0.15, 0.2) is 18.2 Å². The van der Waals surface area contributed by atoms with E-state index < -0.39 is 0 Å². The summed E-state index contributed by atoms with van der Waals surface area (Å²) < 4.78 is 0. The van der Waals surface area contributed by atoms with Crippen LogP contribution < -0.4 is 11.3 Å². The molecule has 1 aliphatic rings. The van der Waals surface area contributed by atoms with Gasteiger partial charge < -0.3 is 0 Å². The Balaban J connectivity index is 2.30. The molecule has 0 aliphatic heterocycles. The first-order valence-electron chi connectivity index (χ1n) is 7.18. The molecule has 3 heteroatoms. The van der Waals surface area contributed by atoms with E-state index in [2.05, 4.69) is 37.5 Å². The first kappa shape index (κ1) is 14.8. The molecular weight excluding hydrogens is 256 g/mol. The smallest absolute Gasteiger partial charge is 0.0493 e. The summed E-state index contributed by atoms with van der Waals surface area (Å²) in [5.74, 6) is 6.41. The Hall–Kier alpha value is -0.570. The number of hydrazine groups is 1. The molecule has 0 bridgehead atoms. The average molecular weight is 281 g/mol. The van der Waals surface area contributed by atoms with Crippen molar-refractivity contribution >= 4 is 11.6 Å². The summed E-state index contributed by atoms with van der Waals surface area (Å²) in [5, 5.41) is 0.825. The van der Waals surface area contributed by atoms with E-state index in [0.717, 1.165) is 10.6 Å². The lowest BCUT2D eigenvalue weighted by molar-refractivity contribution is 0.0982. The topological polar surface area (TPSA) is 38.0 Å². The Bertz CT molecular complexity index is 442. The standard InChI is InChI=1S/C16H25ClN2/c1-11-7-8-12(10-14(11)17)15(19-18)13-6-4-5-9-16(13,2)3/h7-8,10,13,15,19H,4-6,9,18H2,1-3H3. The van der Waals surface area contributed by atoms with Crippen molar-refractivity contribution in [1.29, 1.82) is 0 Å². The van der Waals surface area contributed by atoms with Crippen LogP contribution in [0, 0.1) is 18.3 Å². The average Bonchev–Trinajstić information content (AvgIpc) is 2.36. The zero-order chi connectivity index (χ0) is 14.0. The summed E-state index contributed by atoms with van der Waals surface area (Å²) in [4.78, 5) is 0. The predicted octanol–water partition coefficient (Wildman–Crippen LogP) is 4.37. The molecular formula is C16H25ClN2. The normalized spacial score (nSPS) is 24.2. The highest BCUT2D eigenvalue weighted by Crippen LogP contribution is 2.46. The lowest BCUT2D eigenvalue weighted by atomic mass is 9.65. The van der Waals surface area contributed by atoms with Gasteiger partial charge in [0.1, 0.15) is 0 Å². The molecule has 106 valence electrons. The summed E-state index contributed by atoms with van der Waals surface area (Å²) in [6.45, 7) is 6.75. The molecule has 2 unspecified atom stereocenters. The fraction of sp³-hybridized carbons (Fsp3) is 0.625. The quantitative estimate of drug-likeness (QED) is 0.637. The number of nitrogens with one attached hydrogen (secondary N) is 1. The minimum Gasteiger partial charge on any atom is -0.271 e. The second kappa shape index (κ2) is 5.82. The molecule has 0 radical (unpaired) electrons. The fourth-order valence-corrected chi connectivity index (χ4v) is 3.58. The molecule has 0 spiro atoms. The summed E-state index contributed by atoms with van der Waals surface area (Å²) in [6, 6.07) is 6.48. The molecule has 0 amide bonds. The molecule has 1 aromatic rings. The van der Waals surface area contributed by atoms with E-state index in [0.29, 0.717) is 11.3 Å². The van der Waals surface area contributed by atoms with Crippen molar-refractivity contribution in [3.05, 3.63) is 34.3 Å². The number of rotatable bonds is 3. The van der Waals surface area contributed by atoms with Crippen LogP contribution in [0.3, 0.4) is 0 Å². The summed E-state index contributed by atoms with van der Waals surface area (Å²) in [7, 11) is 0. The SMILES string of the molecule is Cc1ccc(C(NN)C2CCCCC2(C)C)cc1Cl. The highest BCUT2D eigenvalue weighted by Gasteiger charge is 2.37. The van der Waals surface area contributed by atoms with Crippen molar-refractivity contribution in [3.8, 4) is 0 Å². The zero-order valence-corrected chi connectivity index (χ0v) is 12.9. The van der Waals surface area contributed by atoms with Gasteiger partial charge in [0.15, 0.2) is 0 Å². The van der Waals surface area contributed by atoms with Gasteiger partial charge in [-0.3, -0.25) is 11.3 Å². The van der Waals surface area contributed by atoms with Gasteiger partial charge in [-0.2, -0.15) is 0 Å². The highest BCUT2D eigenvalue weighted by atomic mass is 35.5. The lowest BCUT2D eigenvalue weighted by Gasteiger charge is -2.43. The third kappa shape index (κ3) is 3.13. The predicted molar refractivity (Wildman–Crippen MR) is 82.0 cm³/mol. The largest absolute Gasteiger partial charge is 0.271 e. The van der Waals surface area contributed by atoms with E-state index in [-0.39, 0.29) is 6.04 Å². The van der Waals surface area contributed by atoms with Gasteiger partial charge in [-0.15, -0.1) is 0 Å². The summed E-state index contributed by atoms with van der Waals surface area (Å²) >= 11 is 6.26. The van der Waals surface area contributed by atoms with Gasteiger partial charge in [0.05, 0.1) is 0 Å². The van der Waals surface area contributed by atoms with E-state index in [4.69, 9.17) is 17.4 Å². The second-order valence-electron chi connectivity index (χ2n) is 6.49. The zero-order valence-electron chi connectivity index (χ0n) is 12.2. The maximum Gasteiger partial charge on any atom is 0.0493 e. The summed E-state index contributed by atoms with van der Waals surface area (Å²) in [5.41, 5.74) is 5.68. The minimum atomic E-state index is 0.188. The first-order chi connectivity index (χ1) is 8.95. The van der Waals surface area contributed by atoms with Gasteiger partial charge in [0.25, 0.3) is 0 Å². The maximum absolute atomic E-state index is 6.26. The summed E-state index contributed by atoms with van der Waals surface area (Å²) in [6.07, 6.45) is 5.13. The second-order valence-corrected chi connectivity index (χ2v) is 6.90. The third-order valence-corrected chi connectivity index (χ3v) is 5.13. The molecule has 19 heavy (non-hydrogen) atoms. The van der Waals surface area contributed by atoms with Gasteiger partial charge >= 0.3 is 0 Å². The number of hydrogen-bond donors (Lipinski definition) is 2. The molecule has 0 aromatic heterocycles. The number of halogens is 1. The lowest BCUT2D eigenvalue weighted by Crippen LogP contribution is -2.41. The van der Waals surface area contributed by atoms with Crippen LogP contribution in [-0.2, 0) is 0 Å². The highest BCUT2D eigenvalue weighted by molar-refractivity contribution is 6.31. The molecule has 0 saturated heterocycles. The van der Waals surface area contributed by atoms with E-state index >= 15 is 0 Å². The molecule has 1 aromatic carbocycles. The van der Waals surface area contributed by atoms with Crippen molar-refractivity contribution < 1.29 is 0 Å². The van der Waals surface area contributed by atoms with E-state index in [1.165, 1.54) is 31.2 Å². The maximum atomic E-state index is 6.26. The molecule has 2 rings (SSSR count). The Morgan fingerprint density at radius 3 is 2.68 bits per heavy atom. The molecule has 1 aliphatic carbocycles. The number of benzene rings is 1. The Labute approximate surface area is 121 Å². The Morgan fingerprint density at radius 1 is 1.37 bits per heavy atom. The van der Waals surface area contributed by atoms with Crippen LogP contribution in [-0.4, -0.2) is 0 Å². The van der Waals surface area contributed by atoms with Crippen LogP contribution in [0.5, 0.6) is 0 Å². The van der Waals surface area contributed by atoms with Gasteiger partial charge in [-0.1, -0.05) is 50.4 Å².